The molecule has 12 nitrogen and oxygen atoms in total. The minimum atomic E-state index is -4.09. The van der Waals surface area contributed by atoms with Gasteiger partial charge in [-0.25, -0.2) is 32.5 Å². The molecule has 1 aromatic carbocycles. The number of hydrogen-bond donors (Lipinski definition) is 4. The van der Waals surface area contributed by atoms with Crippen molar-refractivity contribution in [3.8, 4) is 5.82 Å². The van der Waals surface area contributed by atoms with Gasteiger partial charge in [0.2, 0.25) is 0 Å². The normalized spacial score (nSPS) is 11.4. The van der Waals surface area contributed by atoms with Gasteiger partial charge in [0.05, 0.1) is 32.8 Å². The van der Waals surface area contributed by atoms with E-state index >= 15 is 0 Å². The fourth-order valence-corrected chi connectivity index (χ4v) is 5.43. The van der Waals surface area contributed by atoms with E-state index < -0.39 is 21.6 Å². The Hall–Kier alpha value is -3.56. The zero-order valence-electron chi connectivity index (χ0n) is 17.1. The fourth-order valence-electron chi connectivity index (χ4n) is 3.04. The third-order valence-corrected chi connectivity index (χ3v) is 7.58. The number of pyridine rings is 1. The molecule has 0 saturated heterocycles. The highest BCUT2D eigenvalue weighted by atomic mass is 35.5. The Morgan fingerprint density at radius 2 is 1.94 bits per heavy atom. The number of anilines is 2. The van der Waals surface area contributed by atoms with Gasteiger partial charge in [0.15, 0.2) is 0 Å². The predicted molar refractivity (Wildman–Crippen MR) is 125 cm³/mol. The van der Waals surface area contributed by atoms with Crippen molar-refractivity contribution < 1.29 is 23.6 Å². The maximum Gasteiger partial charge on any atom is 0.333 e. The van der Waals surface area contributed by atoms with Gasteiger partial charge in [-0.2, -0.15) is 0 Å². The number of amides is 2. The van der Waals surface area contributed by atoms with Crippen molar-refractivity contribution in [3.05, 3.63) is 69.2 Å². The average molecular weight is 523 g/mol. The summed E-state index contributed by atoms with van der Waals surface area (Å²) in [5, 5.41) is 20.8. The maximum absolute atomic E-state index is 13.0. The van der Waals surface area contributed by atoms with E-state index in [1.165, 1.54) is 53.2 Å². The lowest BCUT2D eigenvalue weighted by molar-refractivity contribution is 0.0292. The van der Waals surface area contributed by atoms with Crippen LogP contribution in [0.25, 0.3) is 16.7 Å². The summed E-state index contributed by atoms with van der Waals surface area (Å²) in [6.07, 6.45) is 1.24. The Balaban J connectivity index is 1.58. The van der Waals surface area contributed by atoms with E-state index in [4.69, 9.17) is 11.6 Å². The van der Waals surface area contributed by atoms with E-state index in [1.807, 2.05) is 4.72 Å². The Bertz CT molecular complexity index is 1570. The number of benzene rings is 1. The molecule has 0 bridgehead atoms. The predicted octanol–water partition coefficient (Wildman–Crippen LogP) is 2.90. The van der Waals surface area contributed by atoms with E-state index in [1.54, 1.807) is 6.92 Å². The van der Waals surface area contributed by atoms with Crippen molar-refractivity contribution in [1.82, 2.24) is 19.3 Å². The van der Waals surface area contributed by atoms with Gasteiger partial charge in [0.1, 0.15) is 15.9 Å². The number of aryl methyl sites for hydroxylation is 1. The molecule has 0 aliphatic heterocycles. The van der Waals surface area contributed by atoms with Gasteiger partial charge < -0.3 is 5.32 Å². The van der Waals surface area contributed by atoms with Gasteiger partial charge in [-0.3, -0.25) is 15.2 Å². The second-order valence-corrected chi connectivity index (χ2v) is 10.4. The number of carbonyl (C=O) groups excluding carboxylic acids is 1. The van der Waals surface area contributed by atoms with Crippen molar-refractivity contribution in [2.75, 3.05) is 10.5 Å². The molecule has 15 heteroatoms. The molecule has 0 saturated carbocycles. The first-order valence-corrected chi connectivity index (χ1v) is 12.0. The summed E-state index contributed by atoms with van der Waals surface area (Å²) in [6, 6.07) is 8.64. The Morgan fingerprint density at radius 3 is 2.56 bits per heavy atom. The van der Waals surface area contributed by atoms with E-state index in [9.17, 15) is 28.4 Å². The van der Waals surface area contributed by atoms with E-state index in [-0.39, 0.29) is 36.4 Å². The van der Waals surface area contributed by atoms with Crippen LogP contribution in [0.5, 0.6) is 0 Å². The number of thiophene rings is 1. The summed E-state index contributed by atoms with van der Waals surface area (Å²) in [6.45, 7) is 1.60. The molecule has 3 aromatic heterocycles. The molecule has 0 spiro atoms. The SMILES string of the molecule is Cc1nc2ccc(N(O)O)cc2c(=O)n1-c1ccc(NC(=O)NS(=O)(=O)c2ccc(Cl)s2)cn1. The second kappa shape index (κ2) is 9.00. The van der Waals surface area contributed by atoms with Gasteiger partial charge >= 0.3 is 6.03 Å². The van der Waals surface area contributed by atoms with E-state index in [0.29, 0.717) is 11.3 Å². The molecule has 3 heterocycles. The zero-order valence-corrected chi connectivity index (χ0v) is 19.5. The molecule has 4 rings (SSSR count). The fraction of sp³-hybridized carbons (Fsp3) is 0.0526. The molecule has 0 aliphatic carbocycles. The summed E-state index contributed by atoms with van der Waals surface area (Å²) in [5.41, 5.74) is -0.0101. The molecule has 0 atom stereocenters. The van der Waals surface area contributed by atoms with Crippen molar-refractivity contribution in [2.24, 2.45) is 0 Å². The number of carbonyl (C=O) groups is 1. The molecule has 0 aliphatic rings. The highest BCUT2D eigenvalue weighted by molar-refractivity contribution is 7.92. The van der Waals surface area contributed by atoms with Crippen LogP contribution in [-0.2, 0) is 10.0 Å². The van der Waals surface area contributed by atoms with Gasteiger partial charge in [-0.05, 0) is 49.4 Å². The molecule has 0 fully saturated rings. The number of rotatable bonds is 5. The minimum absolute atomic E-state index is 0.0277. The van der Waals surface area contributed by atoms with Gasteiger partial charge in [0.25, 0.3) is 15.6 Å². The van der Waals surface area contributed by atoms with Crippen LogP contribution in [0.4, 0.5) is 16.2 Å². The number of halogens is 1. The van der Waals surface area contributed by atoms with Gasteiger partial charge in [-0.1, -0.05) is 11.6 Å². The molecule has 34 heavy (non-hydrogen) atoms. The monoisotopic (exact) mass is 522 g/mol. The molecule has 2 amide bonds. The quantitative estimate of drug-likeness (QED) is 0.288. The van der Waals surface area contributed by atoms with Crippen LogP contribution in [-0.4, -0.2) is 39.4 Å². The minimum Gasteiger partial charge on any atom is -0.306 e. The highest BCUT2D eigenvalue weighted by Gasteiger charge is 2.20. The molecule has 0 radical (unpaired) electrons. The molecule has 0 unspecified atom stereocenters. The molecule has 176 valence electrons. The lowest BCUT2D eigenvalue weighted by Crippen LogP contribution is -2.34. The number of sulfonamides is 1. The Kier molecular flexibility index (Phi) is 6.24. The number of fused-ring (bicyclic) bond motifs is 1. The van der Waals surface area contributed by atoms with Crippen LogP contribution in [0.15, 0.2) is 57.7 Å². The number of hydrogen-bond acceptors (Lipinski definition) is 10. The second-order valence-electron chi connectivity index (χ2n) is 6.81. The highest BCUT2D eigenvalue weighted by Crippen LogP contribution is 2.25. The largest absolute Gasteiger partial charge is 0.333 e. The maximum atomic E-state index is 13.0. The van der Waals surface area contributed by atoms with Crippen LogP contribution in [0.3, 0.4) is 0 Å². The standard InChI is InChI=1S/C19H15ClN6O6S2/c1-10-22-14-4-3-12(26(29)30)8-13(14)18(27)25(10)16-6-2-11(9-21-16)23-19(28)24-34(31,32)17-7-5-15(20)33-17/h2-9,29-30H,1H3,(H2,23,24,28). The Labute approximate surface area is 200 Å². The first kappa shape index (κ1) is 23.6. The third kappa shape index (κ3) is 4.71. The number of nitrogens with zero attached hydrogens (tertiary/aromatic N) is 4. The first-order chi connectivity index (χ1) is 16.0. The summed E-state index contributed by atoms with van der Waals surface area (Å²) in [7, 11) is -4.09. The first-order valence-electron chi connectivity index (χ1n) is 9.32. The van der Waals surface area contributed by atoms with Crippen molar-refractivity contribution in [2.45, 2.75) is 11.1 Å². The van der Waals surface area contributed by atoms with Gasteiger partial charge in [0, 0.05) is 0 Å². The smallest absolute Gasteiger partial charge is 0.306 e. The van der Waals surface area contributed by atoms with Crippen molar-refractivity contribution in [3.63, 3.8) is 0 Å². The number of nitrogens with one attached hydrogen (secondary N) is 2. The number of aromatic nitrogens is 3. The molecule has 4 N–H and O–H groups in total. The molecular formula is C19H15ClN6O6S2. The average Bonchev–Trinajstić information content (AvgIpc) is 3.21. The van der Waals surface area contributed by atoms with E-state index in [2.05, 4.69) is 15.3 Å². The van der Waals surface area contributed by atoms with Crippen molar-refractivity contribution >= 4 is 61.3 Å². The van der Waals surface area contributed by atoms with Crippen LogP contribution in [0.1, 0.15) is 5.82 Å². The third-order valence-electron chi connectivity index (χ3n) is 4.53. The van der Waals surface area contributed by atoms with E-state index in [0.717, 1.165) is 11.3 Å². The topological polar surface area (TPSA) is 167 Å². The molecule has 4 aromatic rings. The summed E-state index contributed by atoms with van der Waals surface area (Å²) >= 11 is 6.54. The van der Waals surface area contributed by atoms with Crippen LogP contribution >= 0.6 is 22.9 Å². The van der Waals surface area contributed by atoms with Crippen LogP contribution < -0.4 is 20.8 Å². The lowest BCUT2D eigenvalue weighted by Gasteiger charge is -2.13. The Morgan fingerprint density at radius 1 is 1.18 bits per heavy atom. The summed E-state index contributed by atoms with van der Waals surface area (Å²) < 4.78 is 27.7. The van der Waals surface area contributed by atoms with Crippen LogP contribution in [0.2, 0.25) is 4.34 Å². The zero-order chi connectivity index (χ0) is 24.6. The van der Waals surface area contributed by atoms with Crippen molar-refractivity contribution in [1.29, 1.82) is 0 Å². The molecular weight excluding hydrogens is 508 g/mol. The number of urea groups is 1. The van der Waals surface area contributed by atoms with Crippen LogP contribution in [0, 0.1) is 6.92 Å². The lowest BCUT2D eigenvalue weighted by atomic mass is 10.2. The summed E-state index contributed by atoms with van der Waals surface area (Å²) in [4.78, 5) is 33.7. The van der Waals surface area contributed by atoms with Gasteiger partial charge in [-0.15, -0.1) is 16.6 Å². The summed E-state index contributed by atoms with van der Waals surface area (Å²) in [5.74, 6) is 0.501.